The number of nitrogens with one attached hydrogen (secondary N) is 1. The van der Waals surface area contributed by atoms with Crippen molar-refractivity contribution in [3.63, 3.8) is 0 Å². The summed E-state index contributed by atoms with van der Waals surface area (Å²) in [5.74, 6) is 0.915. The third kappa shape index (κ3) is 4.10. The standard InChI is InChI=1S/C13H17Cl2N3O2S/c1-13(2,17-21(3,19)20)8-18-11-5-4-9(15)6-10(11)16-12(18)7-14/h4-6,17H,7-8H2,1-3H3. The number of hydrogen-bond donors (Lipinski definition) is 1. The van der Waals surface area contributed by atoms with Crippen LogP contribution in [-0.4, -0.2) is 29.8 Å². The van der Waals surface area contributed by atoms with Gasteiger partial charge in [0.25, 0.3) is 0 Å². The second-order valence-corrected chi connectivity index (χ2v) is 8.09. The summed E-state index contributed by atoms with van der Waals surface area (Å²) in [6.07, 6.45) is 1.14. The minimum atomic E-state index is -3.30. The molecular formula is C13H17Cl2N3O2S. The van der Waals surface area contributed by atoms with Gasteiger partial charge in [0.1, 0.15) is 5.82 Å². The monoisotopic (exact) mass is 349 g/mol. The van der Waals surface area contributed by atoms with Crippen LogP contribution in [0.4, 0.5) is 0 Å². The van der Waals surface area contributed by atoms with Crippen LogP contribution in [-0.2, 0) is 22.4 Å². The molecule has 5 nitrogen and oxygen atoms in total. The van der Waals surface area contributed by atoms with Gasteiger partial charge < -0.3 is 4.57 Å². The van der Waals surface area contributed by atoms with E-state index < -0.39 is 15.6 Å². The highest BCUT2D eigenvalue weighted by molar-refractivity contribution is 7.88. The van der Waals surface area contributed by atoms with Gasteiger partial charge in [0.15, 0.2) is 0 Å². The lowest BCUT2D eigenvalue weighted by atomic mass is 10.1. The predicted octanol–water partition coefficient (Wildman–Crippen LogP) is 2.76. The van der Waals surface area contributed by atoms with Gasteiger partial charge in [-0.1, -0.05) is 11.6 Å². The lowest BCUT2D eigenvalue weighted by molar-refractivity contribution is 0.392. The first-order valence-electron chi connectivity index (χ1n) is 6.31. The zero-order valence-electron chi connectivity index (χ0n) is 12.0. The molecule has 0 fully saturated rings. The van der Waals surface area contributed by atoms with Gasteiger partial charge in [0.2, 0.25) is 10.0 Å². The van der Waals surface area contributed by atoms with E-state index in [9.17, 15) is 8.42 Å². The van der Waals surface area contributed by atoms with Gasteiger partial charge in [-0.05, 0) is 32.0 Å². The van der Waals surface area contributed by atoms with E-state index in [1.807, 2.05) is 24.5 Å². The van der Waals surface area contributed by atoms with Crippen molar-refractivity contribution < 1.29 is 8.42 Å². The van der Waals surface area contributed by atoms with Gasteiger partial charge in [-0.25, -0.2) is 18.1 Å². The van der Waals surface area contributed by atoms with Gasteiger partial charge in [-0.15, -0.1) is 11.6 Å². The molecule has 0 aliphatic heterocycles. The molecule has 21 heavy (non-hydrogen) atoms. The van der Waals surface area contributed by atoms with Crippen LogP contribution in [0.25, 0.3) is 11.0 Å². The molecule has 2 rings (SSSR count). The fourth-order valence-corrected chi connectivity index (χ4v) is 3.80. The van der Waals surface area contributed by atoms with Crippen LogP contribution in [0, 0.1) is 0 Å². The summed E-state index contributed by atoms with van der Waals surface area (Å²) in [7, 11) is -3.30. The van der Waals surface area contributed by atoms with Gasteiger partial charge in [-0.3, -0.25) is 0 Å². The Balaban J connectivity index is 2.46. The van der Waals surface area contributed by atoms with Gasteiger partial charge in [0, 0.05) is 17.1 Å². The second kappa shape index (κ2) is 5.76. The number of halogens is 2. The minimum Gasteiger partial charge on any atom is -0.325 e. The second-order valence-electron chi connectivity index (χ2n) is 5.64. The molecule has 116 valence electrons. The molecule has 0 atom stereocenters. The normalized spacial score (nSPS) is 13.0. The van der Waals surface area contributed by atoms with Crippen molar-refractivity contribution in [3.8, 4) is 0 Å². The summed E-state index contributed by atoms with van der Waals surface area (Å²) in [5.41, 5.74) is 0.952. The molecule has 1 aromatic heterocycles. The fourth-order valence-electron chi connectivity index (χ4n) is 2.36. The van der Waals surface area contributed by atoms with E-state index in [0.717, 1.165) is 17.3 Å². The van der Waals surface area contributed by atoms with Crippen LogP contribution in [0.2, 0.25) is 5.02 Å². The Hall–Kier alpha value is -0.820. The Morgan fingerprint density at radius 1 is 1.38 bits per heavy atom. The maximum atomic E-state index is 11.5. The number of rotatable bonds is 5. The molecule has 0 radical (unpaired) electrons. The number of nitrogens with zero attached hydrogens (tertiary/aromatic N) is 2. The molecule has 1 N–H and O–H groups in total. The molecule has 0 saturated heterocycles. The molecule has 1 heterocycles. The first-order valence-corrected chi connectivity index (χ1v) is 9.11. The molecule has 0 unspecified atom stereocenters. The molecule has 0 amide bonds. The van der Waals surface area contributed by atoms with Crippen molar-refractivity contribution in [1.29, 1.82) is 0 Å². The van der Waals surface area contributed by atoms with Crippen molar-refractivity contribution in [3.05, 3.63) is 29.0 Å². The number of sulfonamides is 1. The smallest absolute Gasteiger partial charge is 0.209 e. The number of alkyl halides is 1. The summed E-state index contributed by atoms with van der Waals surface area (Å²) in [4.78, 5) is 4.44. The highest BCUT2D eigenvalue weighted by Crippen LogP contribution is 2.23. The Labute approximate surface area is 134 Å². The quantitative estimate of drug-likeness (QED) is 0.844. The number of imidazole rings is 1. The molecule has 0 saturated carbocycles. The predicted molar refractivity (Wildman–Crippen MR) is 86.4 cm³/mol. The van der Waals surface area contributed by atoms with Gasteiger partial charge in [0.05, 0.1) is 23.2 Å². The van der Waals surface area contributed by atoms with E-state index in [2.05, 4.69) is 9.71 Å². The van der Waals surface area contributed by atoms with E-state index in [1.165, 1.54) is 0 Å². The zero-order chi connectivity index (χ0) is 15.8. The third-order valence-corrected chi connectivity index (χ3v) is 4.32. The maximum Gasteiger partial charge on any atom is 0.209 e. The van der Waals surface area contributed by atoms with Crippen LogP contribution < -0.4 is 4.72 Å². The molecule has 0 spiro atoms. The Kier molecular flexibility index (Phi) is 4.54. The topological polar surface area (TPSA) is 64.0 Å². The number of hydrogen-bond acceptors (Lipinski definition) is 3. The summed E-state index contributed by atoms with van der Waals surface area (Å²) in [6.45, 7) is 4.04. The zero-order valence-corrected chi connectivity index (χ0v) is 14.3. The average molecular weight is 350 g/mol. The van der Waals surface area contributed by atoms with Crippen molar-refractivity contribution in [2.24, 2.45) is 0 Å². The van der Waals surface area contributed by atoms with E-state index in [1.54, 1.807) is 12.1 Å². The molecule has 0 bridgehead atoms. The Morgan fingerprint density at radius 3 is 2.62 bits per heavy atom. The highest BCUT2D eigenvalue weighted by Gasteiger charge is 2.25. The summed E-state index contributed by atoms with van der Waals surface area (Å²) in [5, 5.41) is 0.599. The molecular weight excluding hydrogens is 333 g/mol. The molecule has 0 aliphatic carbocycles. The van der Waals surface area contributed by atoms with E-state index in [0.29, 0.717) is 17.4 Å². The average Bonchev–Trinajstić information content (AvgIpc) is 2.62. The van der Waals surface area contributed by atoms with Crippen LogP contribution in [0.15, 0.2) is 18.2 Å². The van der Waals surface area contributed by atoms with E-state index in [-0.39, 0.29) is 5.88 Å². The lowest BCUT2D eigenvalue weighted by Gasteiger charge is -2.26. The molecule has 1 aromatic carbocycles. The fraction of sp³-hybridized carbons (Fsp3) is 0.462. The van der Waals surface area contributed by atoms with E-state index >= 15 is 0 Å². The number of benzene rings is 1. The molecule has 2 aromatic rings. The Bertz CT molecular complexity index is 769. The summed E-state index contributed by atoms with van der Waals surface area (Å²) in [6, 6.07) is 5.40. The van der Waals surface area contributed by atoms with Crippen molar-refractivity contribution >= 4 is 44.3 Å². The third-order valence-electron chi connectivity index (χ3n) is 2.92. The van der Waals surface area contributed by atoms with Crippen molar-refractivity contribution in [2.45, 2.75) is 31.8 Å². The highest BCUT2D eigenvalue weighted by atomic mass is 35.5. The summed E-state index contributed by atoms with van der Waals surface area (Å²) < 4.78 is 27.4. The SMILES string of the molecule is CC(C)(Cn1c(CCl)nc2cc(Cl)ccc21)NS(C)(=O)=O. The largest absolute Gasteiger partial charge is 0.325 e. The number of aromatic nitrogens is 2. The van der Waals surface area contributed by atoms with Crippen LogP contribution in [0.1, 0.15) is 19.7 Å². The number of fused-ring (bicyclic) bond motifs is 1. The van der Waals surface area contributed by atoms with Crippen molar-refractivity contribution in [2.75, 3.05) is 6.26 Å². The van der Waals surface area contributed by atoms with Gasteiger partial charge in [-0.2, -0.15) is 0 Å². The first-order chi connectivity index (χ1) is 9.61. The van der Waals surface area contributed by atoms with Crippen LogP contribution in [0.3, 0.4) is 0 Å². The van der Waals surface area contributed by atoms with Crippen molar-refractivity contribution in [1.82, 2.24) is 14.3 Å². The minimum absolute atomic E-state index is 0.237. The van der Waals surface area contributed by atoms with Crippen LogP contribution in [0.5, 0.6) is 0 Å². The summed E-state index contributed by atoms with van der Waals surface area (Å²) >= 11 is 11.9. The van der Waals surface area contributed by atoms with E-state index in [4.69, 9.17) is 23.2 Å². The van der Waals surface area contributed by atoms with Crippen LogP contribution >= 0.6 is 23.2 Å². The molecule has 8 heteroatoms. The lowest BCUT2D eigenvalue weighted by Crippen LogP contribution is -2.46. The van der Waals surface area contributed by atoms with Gasteiger partial charge >= 0.3 is 0 Å². The first kappa shape index (κ1) is 16.5. The molecule has 0 aliphatic rings. The Morgan fingerprint density at radius 2 is 2.05 bits per heavy atom. The maximum absolute atomic E-state index is 11.5.